The van der Waals surface area contributed by atoms with Crippen LogP contribution >= 0.6 is 11.3 Å². The Hall–Kier alpha value is -3.06. The molecule has 0 aliphatic heterocycles. The number of fused-ring (bicyclic) bond motifs is 1. The van der Waals surface area contributed by atoms with Gasteiger partial charge in [-0.05, 0) is 49.7 Å². The van der Waals surface area contributed by atoms with Crippen molar-refractivity contribution < 1.29 is 13.6 Å². The number of thiazole rings is 1. The van der Waals surface area contributed by atoms with E-state index in [2.05, 4.69) is 15.3 Å². The quantitative estimate of drug-likeness (QED) is 0.556. The zero-order chi connectivity index (χ0) is 18.3. The predicted molar refractivity (Wildman–Crippen MR) is 98.9 cm³/mol. The van der Waals surface area contributed by atoms with Crippen LogP contribution in [0.3, 0.4) is 0 Å². The number of oxazole rings is 1. The summed E-state index contributed by atoms with van der Waals surface area (Å²) >= 11 is 1.50. The van der Waals surface area contributed by atoms with Gasteiger partial charge >= 0.3 is 0 Å². The SMILES string of the molecule is Cc1cc(-c2nc3cc(F)ccc3s2)ccc1NC(=O)c1ncoc1C. The lowest BCUT2D eigenvalue weighted by Gasteiger charge is -2.08. The zero-order valence-electron chi connectivity index (χ0n) is 14.0. The first-order valence-corrected chi connectivity index (χ1v) is 8.71. The van der Waals surface area contributed by atoms with Crippen molar-refractivity contribution in [3.63, 3.8) is 0 Å². The number of benzene rings is 2. The largest absolute Gasteiger partial charge is 0.448 e. The molecule has 1 amide bonds. The third kappa shape index (κ3) is 2.97. The molecule has 7 heteroatoms. The van der Waals surface area contributed by atoms with E-state index in [1.54, 1.807) is 13.0 Å². The Bertz CT molecular complexity index is 1130. The summed E-state index contributed by atoms with van der Waals surface area (Å²) in [5.41, 5.74) is 3.40. The Morgan fingerprint density at radius 1 is 1.19 bits per heavy atom. The Labute approximate surface area is 152 Å². The van der Waals surface area contributed by atoms with E-state index in [4.69, 9.17) is 4.42 Å². The molecule has 4 rings (SSSR count). The summed E-state index contributed by atoms with van der Waals surface area (Å²) in [6.45, 7) is 3.59. The van der Waals surface area contributed by atoms with Crippen LogP contribution in [0.4, 0.5) is 10.1 Å². The van der Waals surface area contributed by atoms with Gasteiger partial charge in [0.2, 0.25) is 0 Å². The van der Waals surface area contributed by atoms with Crippen LogP contribution in [-0.4, -0.2) is 15.9 Å². The first-order chi connectivity index (χ1) is 12.5. The van der Waals surface area contributed by atoms with Crippen LogP contribution in [0.15, 0.2) is 47.2 Å². The summed E-state index contributed by atoms with van der Waals surface area (Å²) in [5, 5.41) is 3.64. The number of aryl methyl sites for hydroxylation is 2. The van der Waals surface area contributed by atoms with E-state index in [0.717, 1.165) is 20.8 Å². The molecule has 0 bridgehead atoms. The number of carbonyl (C=O) groups excluding carboxylic acids is 1. The Kier molecular flexibility index (Phi) is 4.00. The highest BCUT2D eigenvalue weighted by Crippen LogP contribution is 2.32. The van der Waals surface area contributed by atoms with E-state index >= 15 is 0 Å². The van der Waals surface area contributed by atoms with Gasteiger partial charge in [-0.15, -0.1) is 11.3 Å². The van der Waals surface area contributed by atoms with Gasteiger partial charge in [0.25, 0.3) is 5.91 Å². The fourth-order valence-electron chi connectivity index (χ4n) is 2.67. The number of anilines is 1. The van der Waals surface area contributed by atoms with E-state index < -0.39 is 0 Å². The van der Waals surface area contributed by atoms with Crippen molar-refractivity contribution in [2.45, 2.75) is 13.8 Å². The third-order valence-electron chi connectivity index (χ3n) is 4.03. The molecule has 130 valence electrons. The van der Waals surface area contributed by atoms with E-state index in [9.17, 15) is 9.18 Å². The van der Waals surface area contributed by atoms with E-state index in [1.165, 1.54) is 29.9 Å². The molecule has 0 fully saturated rings. The van der Waals surface area contributed by atoms with Gasteiger partial charge in [-0.2, -0.15) is 0 Å². The van der Waals surface area contributed by atoms with Gasteiger partial charge in [0.15, 0.2) is 12.1 Å². The molecule has 2 heterocycles. The van der Waals surface area contributed by atoms with Crippen LogP contribution < -0.4 is 5.32 Å². The lowest BCUT2D eigenvalue weighted by molar-refractivity contribution is 0.102. The molecule has 0 aliphatic rings. The van der Waals surface area contributed by atoms with Crippen molar-refractivity contribution in [1.29, 1.82) is 0 Å². The van der Waals surface area contributed by atoms with Crippen LogP contribution in [0, 0.1) is 19.7 Å². The predicted octanol–water partition coefficient (Wildman–Crippen LogP) is 4.96. The lowest BCUT2D eigenvalue weighted by atomic mass is 10.1. The average molecular weight is 367 g/mol. The highest BCUT2D eigenvalue weighted by atomic mass is 32.1. The van der Waals surface area contributed by atoms with Crippen LogP contribution in [0.5, 0.6) is 0 Å². The molecule has 2 aromatic carbocycles. The number of hydrogen-bond acceptors (Lipinski definition) is 5. The smallest absolute Gasteiger partial charge is 0.277 e. The molecule has 4 aromatic rings. The molecule has 5 nitrogen and oxygen atoms in total. The number of aromatic nitrogens is 2. The minimum Gasteiger partial charge on any atom is -0.448 e. The normalized spacial score (nSPS) is 11.0. The van der Waals surface area contributed by atoms with Crippen molar-refractivity contribution in [3.05, 3.63) is 65.6 Å². The number of nitrogens with one attached hydrogen (secondary N) is 1. The molecular formula is C19H14FN3O2S. The van der Waals surface area contributed by atoms with Gasteiger partial charge in [-0.25, -0.2) is 14.4 Å². The summed E-state index contributed by atoms with van der Waals surface area (Å²) < 4.78 is 19.3. The maximum Gasteiger partial charge on any atom is 0.277 e. The molecule has 0 saturated carbocycles. The number of amides is 1. The number of halogens is 1. The van der Waals surface area contributed by atoms with E-state index in [-0.39, 0.29) is 17.4 Å². The molecule has 0 saturated heterocycles. The second-order valence-electron chi connectivity index (χ2n) is 5.87. The number of nitrogens with zero attached hydrogens (tertiary/aromatic N) is 2. The van der Waals surface area contributed by atoms with Gasteiger partial charge in [0.1, 0.15) is 16.6 Å². The van der Waals surface area contributed by atoms with Gasteiger partial charge in [0.05, 0.1) is 10.2 Å². The topological polar surface area (TPSA) is 68.0 Å². The Balaban J connectivity index is 1.62. The summed E-state index contributed by atoms with van der Waals surface area (Å²) in [4.78, 5) is 20.7. The third-order valence-corrected chi connectivity index (χ3v) is 5.12. The average Bonchev–Trinajstić information content (AvgIpc) is 3.22. The number of carbonyl (C=O) groups is 1. The van der Waals surface area contributed by atoms with Crippen molar-refractivity contribution in [3.8, 4) is 10.6 Å². The molecule has 0 radical (unpaired) electrons. The highest BCUT2D eigenvalue weighted by Gasteiger charge is 2.15. The second-order valence-corrected chi connectivity index (χ2v) is 6.90. The minimum absolute atomic E-state index is 0.265. The van der Waals surface area contributed by atoms with Crippen LogP contribution in [0.2, 0.25) is 0 Å². The zero-order valence-corrected chi connectivity index (χ0v) is 14.9. The molecule has 0 atom stereocenters. The van der Waals surface area contributed by atoms with Gasteiger partial charge < -0.3 is 9.73 Å². The first kappa shape index (κ1) is 16.4. The molecule has 1 N–H and O–H groups in total. The Morgan fingerprint density at radius 3 is 2.77 bits per heavy atom. The van der Waals surface area contributed by atoms with Crippen LogP contribution in [0.25, 0.3) is 20.8 Å². The molecule has 0 aliphatic carbocycles. The summed E-state index contributed by atoms with van der Waals surface area (Å²) in [5.74, 6) is -0.146. The maximum atomic E-state index is 13.3. The summed E-state index contributed by atoms with van der Waals surface area (Å²) in [6.07, 6.45) is 1.25. The van der Waals surface area contributed by atoms with Crippen LogP contribution in [-0.2, 0) is 0 Å². The van der Waals surface area contributed by atoms with Gasteiger partial charge in [0, 0.05) is 17.3 Å². The van der Waals surface area contributed by atoms with Crippen molar-refractivity contribution in [1.82, 2.24) is 9.97 Å². The fraction of sp³-hybridized carbons (Fsp3) is 0.105. The molecule has 0 spiro atoms. The van der Waals surface area contributed by atoms with Gasteiger partial charge in [-0.3, -0.25) is 4.79 Å². The number of hydrogen-bond donors (Lipinski definition) is 1. The highest BCUT2D eigenvalue weighted by molar-refractivity contribution is 7.21. The second kappa shape index (κ2) is 6.34. The van der Waals surface area contributed by atoms with Crippen molar-refractivity contribution in [2.75, 3.05) is 5.32 Å². The van der Waals surface area contributed by atoms with Crippen LogP contribution in [0.1, 0.15) is 21.8 Å². The van der Waals surface area contributed by atoms with E-state index in [0.29, 0.717) is 17.0 Å². The summed E-state index contributed by atoms with van der Waals surface area (Å²) in [6, 6.07) is 10.2. The van der Waals surface area contributed by atoms with Crippen molar-refractivity contribution >= 4 is 33.1 Å². The fourth-order valence-corrected chi connectivity index (χ4v) is 3.61. The molecule has 0 unspecified atom stereocenters. The maximum absolute atomic E-state index is 13.3. The molecule has 2 aromatic heterocycles. The summed E-state index contributed by atoms with van der Waals surface area (Å²) in [7, 11) is 0. The minimum atomic E-state index is -0.317. The monoisotopic (exact) mass is 367 g/mol. The lowest BCUT2D eigenvalue weighted by Crippen LogP contribution is -2.14. The molecular weight excluding hydrogens is 353 g/mol. The van der Waals surface area contributed by atoms with E-state index in [1.807, 2.05) is 25.1 Å². The molecule has 26 heavy (non-hydrogen) atoms. The standard InChI is InChI=1S/C19H14FN3O2S/c1-10-7-12(19-23-15-8-13(20)4-6-16(15)26-19)3-5-14(10)22-18(24)17-11(2)25-9-21-17/h3-9H,1-2H3,(H,22,24). The Morgan fingerprint density at radius 2 is 2.04 bits per heavy atom. The van der Waals surface area contributed by atoms with Gasteiger partial charge in [-0.1, -0.05) is 0 Å². The van der Waals surface area contributed by atoms with Crippen molar-refractivity contribution in [2.24, 2.45) is 0 Å². The first-order valence-electron chi connectivity index (χ1n) is 7.90. The number of rotatable bonds is 3.